The lowest BCUT2D eigenvalue weighted by atomic mass is 9.78. The number of amides is 1. The molecule has 0 saturated carbocycles. The van der Waals surface area contributed by atoms with Crippen LogP contribution in [0.2, 0.25) is 15.1 Å². The minimum atomic E-state index is -0.701. The van der Waals surface area contributed by atoms with Crippen LogP contribution in [0.4, 0.5) is 11.4 Å². The van der Waals surface area contributed by atoms with Gasteiger partial charge in [-0.15, -0.1) is 0 Å². The van der Waals surface area contributed by atoms with Gasteiger partial charge in [-0.3, -0.25) is 14.5 Å². The number of benzene rings is 4. The number of hydrogen-bond acceptors (Lipinski definition) is 4. The number of anilines is 2. The van der Waals surface area contributed by atoms with Gasteiger partial charge >= 0.3 is 0 Å². The van der Waals surface area contributed by atoms with E-state index in [-0.39, 0.29) is 22.6 Å². The number of rotatable bonds is 4. The average Bonchev–Trinajstić information content (AvgIpc) is 3.13. The zero-order valence-corrected chi connectivity index (χ0v) is 24.3. The molecule has 4 aromatic rings. The molecule has 0 fully saturated rings. The van der Waals surface area contributed by atoms with Crippen LogP contribution in [-0.2, 0) is 4.79 Å². The molecule has 0 unspecified atom stereocenters. The monoisotopic (exact) mass is 602 g/mol. The van der Waals surface area contributed by atoms with E-state index >= 15 is 0 Å². The summed E-state index contributed by atoms with van der Waals surface area (Å²) in [6.07, 6.45) is 0.901. The molecule has 41 heavy (non-hydrogen) atoms. The van der Waals surface area contributed by atoms with Gasteiger partial charge in [-0.2, -0.15) is 0 Å². The van der Waals surface area contributed by atoms with Crippen LogP contribution in [0.3, 0.4) is 0 Å². The topological polar surface area (TPSA) is 58.6 Å². The maximum absolute atomic E-state index is 14.4. The normalized spacial score (nSPS) is 18.2. The first-order chi connectivity index (χ1) is 19.8. The quantitative estimate of drug-likeness (QED) is 0.253. The summed E-state index contributed by atoms with van der Waals surface area (Å²) in [5.74, 6) is 0.307. The molecule has 1 amide bonds. The molecule has 1 aliphatic carbocycles. The molecule has 1 heterocycles. The Morgan fingerprint density at radius 1 is 0.854 bits per heavy atom. The number of nitrogens with zero attached hydrogens (tertiary/aromatic N) is 1. The van der Waals surface area contributed by atoms with Crippen LogP contribution in [0, 0.1) is 0 Å². The Bertz CT molecular complexity index is 1680. The number of Topliss-reactive ketones (excluding diaryl/α,β-unsaturated/α-hetero) is 1. The van der Waals surface area contributed by atoms with Crippen molar-refractivity contribution in [1.82, 2.24) is 0 Å². The Balaban J connectivity index is 1.55. The van der Waals surface area contributed by atoms with E-state index in [2.05, 4.69) is 5.32 Å². The maximum Gasteiger partial charge on any atom is 0.259 e. The number of allylic oxidation sites excluding steroid dienone is 1. The molecule has 2 atom stereocenters. The zero-order valence-electron chi connectivity index (χ0n) is 22.0. The fourth-order valence-corrected chi connectivity index (χ4v) is 6.08. The highest BCUT2D eigenvalue weighted by molar-refractivity contribution is 6.42. The Morgan fingerprint density at radius 3 is 2.27 bits per heavy atom. The molecule has 0 bridgehead atoms. The van der Waals surface area contributed by atoms with Crippen molar-refractivity contribution >= 4 is 57.9 Å². The smallest absolute Gasteiger partial charge is 0.259 e. The third-order valence-corrected chi connectivity index (χ3v) is 8.64. The Hall–Kier alpha value is -3.77. The fourth-order valence-electron chi connectivity index (χ4n) is 5.65. The van der Waals surface area contributed by atoms with Gasteiger partial charge in [-0.25, -0.2) is 0 Å². The molecular weight excluding hydrogens is 579 g/mol. The fraction of sp³-hybridized carbons (Fsp3) is 0.152. The standard InChI is InChI=1S/C33H25Cl3N2O3/c1-41-24-13-8-20(9-14-24)32-31-28(17-22(18-30(31)39)19-6-11-23(34)12-7-19)37-27-4-2-3-5-29(27)38(32)33(40)21-10-15-25(35)26(36)16-21/h2-16,22,32,37H,17-18H2,1H3/t22-,32+/m1/s1. The minimum absolute atomic E-state index is 0.0285. The number of ether oxygens (including phenoxy) is 1. The number of carbonyl (C=O) groups is 2. The van der Waals surface area contributed by atoms with Crippen LogP contribution >= 0.6 is 34.8 Å². The van der Waals surface area contributed by atoms with Gasteiger partial charge in [0.1, 0.15) is 5.75 Å². The van der Waals surface area contributed by atoms with E-state index in [9.17, 15) is 9.59 Å². The van der Waals surface area contributed by atoms with Crippen molar-refractivity contribution in [3.8, 4) is 5.75 Å². The number of para-hydroxylation sites is 2. The Kier molecular flexibility index (Phi) is 7.52. The van der Waals surface area contributed by atoms with Crippen molar-refractivity contribution in [1.29, 1.82) is 0 Å². The van der Waals surface area contributed by atoms with Gasteiger partial charge < -0.3 is 10.1 Å². The maximum atomic E-state index is 14.4. The number of carbonyl (C=O) groups excluding carboxylic acids is 2. The first kappa shape index (κ1) is 27.4. The Labute approximate surface area is 253 Å². The van der Waals surface area contributed by atoms with Crippen molar-refractivity contribution in [2.45, 2.75) is 24.8 Å². The van der Waals surface area contributed by atoms with Crippen molar-refractivity contribution in [3.63, 3.8) is 0 Å². The summed E-state index contributed by atoms with van der Waals surface area (Å²) in [6, 6.07) is 26.8. The molecule has 1 N–H and O–H groups in total. The van der Waals surface area contributed by atoms with Crippen molar-refractivity contribution in [2.24, 2.45) is 0 Å². The van der Waals surface area contributed by atoms with E-state index in [1.807, 2.05) is 72.8 Å². The third-order valence-electron chi connectivity index (χ3n) is 7.65. The van der Waals surface area contributed by atoms with Crippen LogP contribution in [-0.4, -0.2) is 18.8 Å². The number of methoxy groups -OCH3 is 1. The first-order valence-electron chi connectivity index (χ1n) is 13.1. The molecule has 6 rings (SSSR count). The number of ketones is 1. The van der Waals surface area contributed by atoms with E-state index in [1.54, 1.807) is 30.2 Å². The second-order valence-electron chi connectivity index (χ2n) is 10.1. The van der Waals surface area contributed by atoms with Crippen LogP contribution in [0.5, 0.6) is 5.75 Å². The molecule has 8 heteroatoms. The third kappa shape index (κ3) is 5.21. The van der Waals surface area contributed by atoms with Gasteiger partial charge in [0.2, 0.25) is 0 Å². The van der Waals surface area contributed by atoms with Gasteiger partial charge in [0.05, 0.1) is 34.6 Å². The summed E-state index contributed by atoms with van der Waals surface area (Å²) < 4.78 is 5.40. The lowest BCUT2D eigenvalue weighted by Gasteiger charge is -2.35. The van der Waals surface area contributed by atoms with Gasteiger partial charge in [0, 0.05) is 28.3 Å². The summed E-state index contributed by atoms with van der Waals surface area (Å²) in [5, 5.41) is 4.83. The summed E-state index contributed by atoms with van der Waals surface area (Å²) in [4.78, 5) is 30.3. The first-order valence-corrected chi connectivity index (χ1v) is 14.3. The molecule has 0 saturated heterocycles. The van der Waals surface area contributed by atoms with E-state index in [1.165, 1.54) is 0 Å². The van der Waals surface area contributed by atoms with E-state index in [0.29, 0.717) is 45.5 Å². The zero-order chi connectivity index (χ0) is 28.7. The molecule has 0 aromatic heterocycles. The molecule has 5 nitrogen and oxygen atoms in total. The van der Waals surface area contributed by atoms with Crippen LogP contribution in [0.1, 0.15) is 46.3 Å². The van der Waals surface area contributed by atoms with Crippen LogP contribution in [0.25, 0.3) is 0 Å². The molecular formula is C33H25Cl3N2O3. The van der Waals surface area contributed by atoms with E-state index in [0.717, 1.165) is 22.5 Å². The lowest BCUT2D eigenvalue weighted by molar-refractivity contribution is -0.116. The van der Waals surface area contributed by atoms with Crippen molar-refractivity contribution in [2.75, 3.05) is 17.3 Å². The average molecular weight is 604 g/mol. The SMILES string of the molecule is COc1ccc([C@H]2C3=C(C[C@@H](c4ccc(Cl)cc4)CC3=O)Nc3ccccc3N2C(=O)c2ccc(Cl)c(Cl)c2)cc1. The van der Waals surface area contributed by atoms with E-state index < -0.39 is 6.04 Å². The molecule has 2 aliphatic rings. The summed E-state index contributed by atoms with van der Waals surface area (Å²) in [6.45, 7) is 0. The van der Waals surface area contributed by atoms with Gasteiger partial charge in [0.15, 0.2) is 5.78 Å². The minimum Gasteiger partial charge on any atom is -0.497 e. The molecule has 0 radical (unpaired) electrons. The Morgan fingerprint density at radius 2 is 1.56 bits per heavy atom. The van der Waals surface area contributed by atoms with Crippen LogP contribution < -0.4 is 15.0 Å². The molecule has 1 aliphatic heterocycles. The largest absolute Gasteiger partial charge is 0.497 e. The molecule has 206 valence electrons. The highest BCUT2D eigenvalue weighted by Crippen LogP contribution is 2.48. The van der Waals surface area contributed by atoms with Crippen LogP contribution in [0.15, 0.2) is 102 Å². The predicted octanol–water partition coefficient (Wildman–Crippen LogP) is 8.87. The summed E-state index contributed by atoms with van der Waals surface area (Å²) in [7, 11) is 1.60. The lowest BCUT2D eigenvalue weighted by Crippen LogP contribution is -2.38. The highest BCUT2D eigenvalue weighted by Gasteiger charge is 2.42. The predicted molar refractivity (Wildman–Crippen MR) is 165 cm³/mol. The van der Waals surface area contributed by atoms with Crippen molar-refractivity contribution < 1.29 is 14.3 Å². The molecule has 4 aromatic carbocycles. The number of fused-ring (bicyclic) bond motifs is 1. The number of halogens is 3. The van der Waals surface area contributed by atoms with Gasteiger partial charge in [-0.1, -0.05) is 71.2 Å². The highest BCUT2D eigenvalue weighted by atomic mass is 35.5. The van der Waals surface area contributed by atoms with Crippen molar-refractivity contribution in [3.05, 3.63) is 134 Å². The van der Waals surface area contributed by atoms with Gasteiger partial charge in [0.25, 0.3) is 5.91 Å². The van der Waals surface area contributed by atoms with Gasteiger partial charge in [-0.05, 0) is 78.1 Å². The summed E-state index contributed by atoms with van der Waals surface area (Å²) >= 11 is 18.6. The van der Waals surface area contributed by atoms with E-state index in [4.69, 9.17) is 39.5 Å². The number of hydrogen-bond donors (Lipinski definition) is 1. The second-order valence-corrected chi connectivity index (χ2v) is 11.3. The second kappa shape index (κ2) is 11.2. The molecule has 0 spiro atoms. The summed E-state index contributed by atoms with van der Waals surface area (Å²) in [5.41, 5.74) is 4.91. The number of nitrogens with one attached hydrogen (secondary N) is 1.